The van der Waals surface area contributed by atoms with Gasteiger partial charge in [0.05, 0.1) is 9.83 Å². The van der Waals surface area contributed by atoms with E-state index in [2.05, 4.69) is 59.0 Å². The predicted octanol–water partition coefficient (Wildman–Crippen LogP) is 5.76. The minimum Gasteiger partial charge on any atom is -0.306 e. The number of aryl methyl sites for hydroxylation is 2. The van der Waals surface area contributed by atoms with Gasteiger partial charge < -0.3 is 5.32 Å². The molecule has 0 aromatic carbocycles. The maximum atomic E-state index is 3.75. The molecule has 0 saturated carbocycles. The zero-order valence-electron chi connectivity index (χ0n) is 12.4. The summed E-state index contributed by atoms with van der Waals surface area (Å²) in [4.78, 5) is 4.51. The van der Waals surface area contributed by atoms with Crippen molar-refractivity contribution in [1.29, 1.82) is 0 Å². The number of thiophene rings is 2. The maximum absolute atomic E-state index is 3.75. The van der Waals surface area contributed by atoms with Gasteiger partial charge in [0.25, 0.3) is 0 Å². The molecular formula is C16H20BrNS3. The van der Waals surface area contributed by atoms with E-state index < -0.39 is 0 Å². The van der Waals surface area contributed by atoms with Gasteiger partial charge >= 0.3 is 0 Å². The zero-order valence-corrected chi connectivity index (χ0v) is 16.4. The first-order valence-corrected chi connectivity index (χ1v) is 11.0. The first-order valence-electron chi connectivity index (χ1n) is 7.37. The molecule has 1 unspecified atom stereocenters. The number of rotatable bonds is 5. The average Bonchev–Trinajstić information content (AvgIpc) is 3.03. The molecule has 3 heterocycles. The van der Waals surface area contributed by atoms with Crippen molar-refractivity contribution >= 4 is 50.4 Å². The van der Waals surface area contributed by atoms with Gasteiger partial charge in [-0.1, -0.05) is 6.92 Å². The fraction of sp³-hybridized carbons (Fsp3) is 0.500. The van der Waals surface area contributed by atoms with Crippen molar-refractivity contribution in [2.75, 3.05) is 12.3 Å². The Morgan fingerprint density at radius 1 is 1.33 bits per heavy atom. The lowest BCUT2D eigenvalue weighted by atomic mass is 10.1. The van der Waals surface area contributed by atoms with Crippen LogP contribution in [0.5, 0.6) is 0 Å². The lowest BCUT2D eigenvalue weighted by molar-refractivity contribution is 0.605. The molecule has 2 aromatic rings. The standard InChI is InChI=1S/C16H20BrNS3/c1-3-5-18-16(12-8-15(17)20-10(12)2)14-7-11-9-19-6-4-13(11)21-14/h7-8,16,18H,3-6,9H2,1-2H3. The van der Waals surface area contributed by atoms with Crippen LogP contribution in [0.2, 0.25) is 0 Å². The Kier molecular flexibility index (Phi) is 5.49. The van der Waals surface area contributed by atoms with Crippen LogP contribution in [0, 0.1) is 6.92 Å². The third kappa shape index (κ3) is 3.58. The molecule has 2 aromatic heterocycles. The highest BCUT2D eigenvalue weighted by Gasteiger charge is 2.22. The van der Waals surface area contributed by atoms with Gasteiger partial charge in [-0.05, 0) is 71.3 Å². The number of fused-ring (bicyclic) bond motifs is 1. The van der Waals surface area contributed by atoms with E-state index >= 15 is 0 Å². The van der Waals surface area contributed by atoms with Gasteiger partial charge in [0.15, 0.2) is 0 Å². The van der Waals surface area contributed by atoms with Crippen LogP contribution >= 0.6 is 50.4 Å². The average molecular weight is 402 g/mol. The van der Waals surface area contributed by atoms with E-state index in [9.17, 15) is 0 Å². The molecular weight excluding hydrogens is 382 g/mol. The van der Waals surface area contributed by atoms with E-state index in [1.54, 1.807) is 10.4 Å². The summed E-state index contributed by atoms with van der Waals surface area (Å²) >= 11 is 9.56. The third-order valence-electron chi connectivity index (χ3n) is 3.77. The topological polar surface area (TPSA) is 12.0 Å². The van der Waals surface area contributed by atoms with Crippen LogP contribution in [-0.2, 0) is 12.2 Å². The van der Waals surface area contributed by atoms with Crippen molar-refractivity contribution < 1.29 is 0 Å². The molecule has 114 valence electrons. The SMILES string of the molecule is CCCNC(c1cc2c(s1)CCSC2)c1cc(Br)sc1C. The summed E-state index contributed by atoms with van der Waals surface area (Å²) in [5.74, 6) is 2.47. The monoisotopic (exact) mass is 401 g/mol. The van der Waals surface area contributed by atoms with Crippen LogP contribution in [0.1, 0.15) is 45.1 Å². The van der Waals surface area contributed by atoms with Gasteiger partial charge in [-0.3, -0.25) is 0 Å². The smallest absolute Gasteiger partial charge is 0.0704 e. The summed E-state index contributed by atoms with van der Waals surface area (Å²) in [6, 6.07) is 5.10. The number of hydrogen-bond acceptors (Lipinski definition) is 4. The second-order valence-electron chi connectivity index (χ2n) is 5.35. The van der Waals surface area contributed by atoms with Crippen molar-refractivity contribution in [1.82, 2.24) is 5.32 Å². The molecule has 0 saturated heterocycles. The molecule has 1 atom stereocenters. The van der Waals surface area contributed by atoms with E-state index in [1.807, 2.05) is 22.7 Å². The molecule has 1 N–H and O–H groups in total. The molecule has 1 nitrogen and oxygen atoms in total. The van der Waals surface area contributed by atoms with Crippen LogP contribution < -0.4 is 5.32 Å². The van der Waals surface area contributed by atoms with E-state index in [-0.39, 0.29) is 0 Å². The summed E-state index contributed by atoms with van der Waals surface area (Å²) < 4.78 is 1.23. The molecule has 1 aliphatic rings. The van der Waals surface area contributed by atoms with Gasteiger partial charge in [0.2, 0.25) is 0 Å². The Hall–Kier alpha value is 0.190. The van der Waals surface area contributed by atoms with Crippen molar-refractivity contribution in [3.05, 3.63) is 41.7 Å². The lowest BCUT2D eigenvalue weighted by Gasteiger charge is -2.17. The summed E-state index contributed by atoms with van der Waals surface area (Å²) in [7, 11) is 0. The van der Waals surface area contributed by atoms with Crippen molar-refractivity contribution in [3.8, 4) is 0 Å². The zero-order chi connectivity index (χ0) is 14.8. The Labute approximate surface area is 147 Å². The van der Waals surface area contributed by atoms with Crippen LogP contribution in [0.3, 0.4) is 0 Å². The Morgan fingerprint density at radius 3 is 2.86 bits per heavy atom. The minimum absolute atomic E-state index is 0.355. The van der Waals surface area contributed by atoms with Crippen molar-refractivity contribution in [2.24, 2.45) is 0 Å². The molecule has 21 heavy (non-hydrogen) atoms. The fourth-order valence-electron chi connectivity index (χ4n) is 2.71. The third-order valence-corrected chi connectivity index (χ3v) is 7.65. The molecule has 3 rings (SSSR count). The maximum Gasteiger partial charge on any atom is 0.0704 e. The van der Waals surface area contributed by atoms with Gasteiger partial charge in [-0.25, -0.2) is 0 Å². The number of halogens is 1. The summed E-state index contributed by atoms with van der Waals surface area (Å²) in [6.45, 7) is 5.53. The molecule has 0 fully saturated rings. The van der Waals surface area contributed by atoms with E-state index in [0.717, 1.165) is 6.54 Å². The summed E-state index contributed by atoms with van der Waals surface area (Å²) in [5.41, 5.74) is 3.01. The van der Waals surface area contributed by atoms with Gasteiger partial charge in [-0.2, -0.15) is 11.8 Å². The first kappa shape index (κ1) is 16.1. The van der Waals surface area contributed by atoms with Crippen molar-refractivity contribution in [3.63, 3.8) is 0 Å². The molecule has 1 aliphatic heterocycles. The fourth-order valence-corrected chi connectivity index (χ4v) is 6.93. The molecule has 0 spiro atoms. The minimum atomic E-state index is 0.355. The Balaban J connectivity index is 1.95. The van der Waals surface area contributed by atoms with Gasteiger partial charge in [-0.15, -0.1) is 22.7 Å². The van der Waals surface area contributed by atoms with Crippen LogP contribution in [0.4, 0.5) is 0 Å². The molecule has 5 heteroatoms. The number of hydrogen-bond donors (Lipinski definition) is 1. The first-order chi connectivity index (χ1) is 10.2. The largest absolute Gasteiger partial charge is 0.306 e. The van der Waals surface area contributed by atoms with E-state index in [0.29, 0.717) is 6.04 Å². The molecule has 0 radical (unpaired) electrons. The normalized spacial score (nSPS) is 16.0. The Morgan fingerprint density at radius 2 is 2.19 bits per heavy atom. The van der Waals surface area contributed by atoms with Crippen LogP contribution in [-0.4, -0.2) is 12.3 Å². The molecule has 0 aliphatic carbocycles. The molecule has 0 bridgehead atoms. The number of thioether (sulfide) groups is 1. The lowest BCUT2D eigenvalue weighted by Crippen LogP contribution is -2.22. The second-order valence-corrected chi connectivity index (χ2v) is 10.3. The predicted molar refractivity (Wildman–Crippen MR) is 101 cm³/mol. The summed E-state index contributed by atoms with van der Waals surface area (Å²) in [5, 5.41) is 3.75. The highest BCUT2D eigenvalue weighted by molar-refractivity contribution is 9.11. The number of nitrogens with one attached hydrogen (secondary N) is 1. The highest BCUT2D eigenvalue weighted by atomic mass is 79.9. The molecule has 0 amide bonds. The highest BCUT2D eigenvalue weighted by Crippen LogP contribution is 2.39. The van der Waals surface area contributed by atoms with E-state index in [1.165, 1.54) is 43.5 Å². The van der Waals surface area contributed by atoms with Crippen LogP contribution in [0.15, 0.2) is 15.9 Å². The van der Waals surface area contributed by atoms with Crippen molar-refractivity contribution in [2.45, 2.75) is 38.5 Å². The van der Waals surface area contributed by atoms with E-state index in [4.69, 9.17) is 0 Å². The second kappa shape index (κ2) is 7.18. The van der Waals surface area contributed by atoms with Gasteiger partial charge in [0, 0.05) is 20.4 Å². The quantitative estimate of drug-likeness (QED) is 0.683. The Bertz CT molecular complexity index is 594. The summed E-state index contributed by atoms with van der Waals surface area (Å²) in [6.07, 6.45) is 2.42. The van der Waals surface area contributed by atoms with Gasteiger partial charge in [0.1, 0.15) is 0 Å². The van der Waals surface area contributed by atoms with Crippen LogP contribution in [0.25, 0.3) is 0 Å².